The van der Waals surface area contributed by atoms with Gasteiger partial charge in [-0.1, -0.05) is 0 Å². The third kappa shape index (κ3) is 2.93. The molecule has 5 N–H and O–H groups in total. The van der Waals surface area contributed by atoms with E-state index in [1.165, 1.54) is 4.90 Å². The predicted octanol–water partition coefficient (Wildman–Crippen LogP) is -0.872. The normalized spacial score (nSPS) is 22.1. The molecule has 0 aromatic rings. The van der Waals surface area contributed by atoms with Crippen molar-refractivity contribution in [1.82, 2.24) is 4.90 Å². The molecule has 1 fully saturated rings. The van der Waals surface area contributed by atoms with Gasteiger partial charge in [0, 0.05) is 6.54 Å². The molecule has 1 amide bonds. The Kier molecular flexibility index (Phi) is 4.70. The van der Waals surface area contributed by atoms with Crippen molar-refractivity contribution in [3.05, 3.63) is 0 Å². The van der Waals surface area contributed by atoms with Gasteiger partial charge in [-0.3, -0.25) is 4.79 Å². The van der Waals surface area contributed by atoms with Crippen LogP contribution >= 0.6 is 0 Å². The summed E-state index contributed by atoms with van der Waals surface area (Å²) in [5, 5.41) is 8.94. The van der Waals surface area contributed by atoms with E-state index < -0.39 is 18.1 Å². The van der Waals surface area contributed by atoms with E-state index in [9.17, 15) is 9.59 Å². The summed E-state index contributed by atoms with van der Waals surface area (Å²) in [6, 6.07) is -1.32. The number of hydrogen-bond donors (Lipinski definition) is 3. The van der Waals surface area contributed by atoms with Crippen molar-refractivity contribution in [2.75, 3.05) is 13.1 Å². The zero-order valence-electron chi connectivity index (χ0n) is 9.26. The molecule has 1 aliphatic rings. The molecule has 0 aromatic heterocycles. The first-order chi connectivity index (χ1) is 7.57. The second kappa shape index (κ2) is 5.81. The Balaban J connectivity index is 2.55. The van der Waals surface area contributed by atoms with Gasteiger partial charge in [0.15, 0.2) is 0 Å². The topological polar surface area (TPSA) is 110 Å². The third-order valence-corrected chi connectivity index (χ3v) is 2.86. The molecule has 0 unspecified atom stereocenters. The molecule has 6 heteroatoms. The number of nitrogens with zero attached hydrogens (tertiary/aromatic N) is 1. The highest BCUT2D eigenvalue weighted by molar-refractivity contribution is 5.87. The summed E-state index contributed by atoms with van der Waals surface area (Å²) in [4.78, 5) is 24.1. The lowest BCUT2D eigenvalue weighted by Gasteiger charge is -2.24. The number of carboxylic acids is 1. The van der Waals surface area contributed by atoms with Crippen molar-refractivity contribution in [2.45, 2.75) is 37.8 Å². The molecule has 92 valence electrons. The Hall–Kier alpha value is -1.14. The van der Waals surface area contributed by atoms with Gasteiger partial charge in [-0.15, -0.1) is 0 Å². The Morgan fingerprint density at radius 2 is 2.19 bits per heavy atom. The van der Waals surface area contributed by atoms with Crippen LogP contribution in [0.5, 0.6) is 0 Å². The van der Waals surface area contributed by atoms with Crippen LogP contribution in [0.15, 0.2) is 0 Å². The number of hydrogen-bond acceptors (Lipinski definition) is 4. The highest BCUT2D eigenvalue weighted by Crippen LogP contribution is 2.18. The number of amides is 1. The predicted molar refractivity (Wildman–Crippen MR) is 58.6 cm³/mol. The van der Waals surface area contributed by atoms with Gasteiger partial charge in [-0.2, -0.15) is 0 Å². The maximum absolute atomic E-state index is 11.9. The Labute approximate surface area is 94.6 Å². The van der Waals surface area contributed by atoms with Crippen LogP contribution in [-0.4, -0.2) is 47.1 Å². The van der Waals surface area contributed by atoms with Gasteiger partial charge in [0.25, 0.3) is 0 Å². The lowest BCUT2D eigenvalue weighted by atomic mass is 10.1. The van der Waals surface area contributed by atoms with E-state index in [0.29, 0.717) is 32.4 Å². The molecule has 0 aromatic carbocycles. The molecule has 6 nitrogen and oxygen atoms in total. The van der Waals surface area contributed by atoms with E-state index in [4.69, 9.17) is 16.6 Å². The van der Waals surface area contributed by atoms with Gasteiger partial charge >= 0.3 is 5.97 Å². The number of rotatable bonds is 5. The Morgan fingerprint density at radius 1 is 1.50 bits per heavy atom. The van der Waals surface area contributed by atoms with Gasteiger partial charge in [-0.05, 0) is 32.2 Å². The van der Waals surface area contributed by atoms with E-state index in [-0.39, 0.29) is 5.91 Å². The lowest BCUT2D eigenvalue weighted by Crippen LogP contribution is -2.48. The summed E-state index contributed by atoms with van der Waals surface area (Å²) in [5.41, 5.74) is 11.0. The molecule has 1 rings (SSSR count). The molecule has 16 heavy (non-hydrogen) atoms. The molecule has 0 bridgehead atoms. The van der Waals surface area contributed by atoms with Crippen molar-refractivity contribution < 1.29 is 14.7 Å². The van der Waals surface area contributed by atoms with Gasteiger partial charge in [-0.25, -0.2) is 4.79 Å². The van der Waals surface area contributed by atoms with Crippen molar-refractivity contribution in [3.8, 4) is 0 Å². The average Bonchev–Trinajstić information content (AvgIpc) is 2.73. The van der Waals surface area contributed by atoms with Gasteiger partial charge in [0.05, 0.1) is 6.04 Å². The number of likely N-dealkylation sites (tertiary alicyclic amines) is 1. The molecule has 0 saturated carbocycles. The largest absolute Gasteiger partial charge is 0.480 e. The van der Waals surface area contributed by atoms with Crippen LogP contribution in [0.1, 0.15) is 25.7 Å². The zero-order chi connectivity index (χ0) is 12.1. The fraction of sp³-hybridized carbons (Fsp3) is 0.800. The van der Waals surface area contributed by atoms with Crippen LogP contribution in [0.4, 0.5) is 0 Å². The minimum absolute atomic E-state index is 0.265. The van der Waals surface area contributed by atoms with Crippen molar-refractivity contribution in [3.63, 3.8) is 0 Å². The summed E-state index contributed by atoms with van der Waals surface area (Å²) in [7, 11) is 0. The quantitative estimate of drug-likeness (QED) is 0.567. The SMILES string of the molecule is NCCC[C@H](N)C(=O)N1CCC[C@H]1C(=O)O. The maximum atomic E-state index is 11.9. The van der Waals surface area contributed by atoms with Crippen molar-refractivity contribution >= 4 is 11.9 Å². The minimum Gasteiger partial charge on any atom is -0.480 e. The van der Waals surface area contributed by atoms with Crippen LogP contribution in [0.3, 0.4) is 0 Å². The fourth-order valence-electron chi connectivity index (χ4n) is 1.96. The fourth-order valence-corrected chi connectivity index (χ4v) is 1.96. The molecular weight excluding hydrogens is 210 g/mol. The van der Waals surface area contributed by atoms with Crippen LogP contribution in [0.2, 0.25) is 0 Å². The standard InChI is InChI=1S/C10H19N3O3/c11-5-1-3-7(12)9(14)13-6-2-4-8(13)10(15)16/h7-8H,1-6,11-12H2,(H,15,16)/t7-,8-/m0/s1. The lowest BCUT2D eigenvalue weighted by molar-refractivity contribution is -0.148. The summed E-state index contributed by atoms with van der Waals surface area (Å²) >= 11 is 0. The highest BCUT2D eigenvalue weighted by atomic mass is 16.4. The first kappa shape index (κ1) is 12.9. The molecule has 1 heterocycles. The van der Waals surface area contributed by atoms with Gasteiger partial charge < -0.3 is 21.5 Å². The summed E-state index contributed by atoms with van der Waals surface area (Å²) < 4.78 is 0. The first-order valence-corrected chi connectivity index (χ1v) is 5.57. The van der Waals surface area contributed by atoms with E-state index in [2.05, 4.69) is 0 Å². The second-order valence-electron chi connectivity index (χ2n) is 4.07. The van der Waals surface area contributed by atoms with Crippen LogP contribution in [0, 0.1) is 0 Å². The van der Waals surface area contributed by atoms with Gasteiger partial charge in [0.2, 0.25) is 5.91 Å². The average molecular weight is 229 g/mol. The zero-order valence-corrected chi connectivity index (χ0v) is 9.26. The molecule has 0 aliphatic carbocycles. The first-order valence-electron chi connectivity index (χ1n) is 5.57. The second-order valence-corrected chi connectivity index (χ2v) is 4.07. The Bertz CT molecular complexity index is 270. The van der Waals surface area contributed by atoms with E-state index in [1.54, 1.807) is 0 Å². The monoisotopic (exact) mass is 229 g/mol. The molecule has 1 aliphatic heterocycles. The highest BCUT2D eigenvalue weighted by Gasteiger charge is 2.35. The maximum Gasteiger partial charge on any atom is 0.326 e. The molecule has 0 spiro atoms. The van der Waals surface area contributed by atoms with Crippen LogP contribution in [0.25, 0.3) is 0 Å². The molecule has 2 atom stereocenters. The van der Waals surface area contributed by atoms with Crippen molar-refractivity contribution in [1.29, 1.82) is 0 Å². The smallest absolute Gasteiger partial charge is 0.326 e. The number of carbonyl (C=O) groups is 2. The Morgan fingerprint density at radius 3 is 2.75 bits per heavy atom. The molecular formula is C10H19N3O3. The number of aliphatic carboxylic acids is 1. The summed E-state index contributed by atoms with van der Waals surface area (Å²) in [6.07, 6.45) is 2.44. The summed E-state index contributed by atoms with van der Waals surface area (Å²) in [5.74, 6) is -1.21. The van der Waals surface area contributed by atoms with Crippen LogP contribution in [-0.2, 0) is 9.59 Å². The number of carboxylic acid groups (broad SMARTS) is 1. The minimum atomic E-state index is -0.947. The van der Waals surface area contributed by atoms with Gasteiger partial charge in [0.1, 0.15) is 6.04 Å². The summed E-state index contributed by atoms with van der Waals surface area (Å²) in [6.45, 7) is 0.982. The molecule has 0 radical (unpaired) electrons. The van der Waals surface area contributed by atoms with E-state index >= 15 is 0 Å². The van der Waals surface area contributed by atoms with E-state index in [0.717, 1.165) is 6.42 Å². The third-order valence-electron chi connectivity index (χ3n) is 2.86. The number of nitrogens with two attached hydrogens (primary N) is 2. The van der Waals surface area contributed by atoms with Crippen LogP contribution < -0.4 is 11.5 Å². The van der Waals surface area contributed by atoms with E-state index in [1.807, 2.05) is 0 Å². The molecule has 1 saturated heterocycles. The number of carbonyl (C=O) groups excluding carboxylic acids is 1. The van der Waals surface area contributed by atoms with Crippen molar-refractivity contribution in [2.24, 2.45) is 11.5 Å².